The van der Waals surface area contributed by atoms with Crippen molar-refractivity contribution in [1.82, 2.24) is 5.32 Å². The highest BCUT2D eigenvalue weighted by atomic mass is 32.2. The van der Waals surface area contributed by atoms with Crippen LogP contribution in [0.3, 0.4) is 0 Å². The van der Waals surface area contributed by atoms with Crippen LogP contribution in [0.25, 0.3) is 0 Å². The molecule has 0 saturated heterocycles. The van der Waals surface area contributed by atoms with Gasteiger partial charge in [0.05, 0.1) is 6.61 Å². The summed E-state index contributed by atoms with van der Waals surface area (Å²) >= 11 is 1.87. The van der Waals surface area contributed by atoms with Crippen molar-refractivity contribution in [3.05, 3.63) is 29.8 Å². The Morgan fingerprint density at radius 3 is 2.41 bits per heavy atom. The zero-order valence-corrected chi connectivity index (χ0v) is 11.8. The number of thioether (sulfide) groups is 1. The summed E-state index contributed by atoms with van der Waals surface area (Å²) < 4.78 is 0. The zero-order valence-electron chi connectivity index (χ0n) is 11.0. The predicted molar refractivity (Wildman–Crippen MR) is 75.7 cm³/mol. The second-order valence-electron chi connectivity index (χ2n) is 4.80. The Bertz CT molecular complexity index is 321. The summed E-state index contributed by atoms with van der Waals surface area (Å²) in [6, 6.07) is 8.73. The third-order valence-corrected chi connectivity index (χ3v) is 3.54. The molecule has 0 aliphatic rings. The van der Waals surface area contributed by atoms with E-state index in [4.69, 9.17) is 5.11 Å². The maximum atomic E-state index is 9.12. The summed E-state index contributed by atoms with van der Waals surface area (Å²) in [6.07, 6.45) is 1.00. The molecule has 1 aromatic carbocycles. The molecule has 0 bridgehead atoms. The second-order valence-corrected chi connectivity index (χ2v) is 6.13. The first-order valence-corrected chi connectivity index (χ1v) is 7.13. The van der Waals surface area contributed by atoms with Gasteiger partial charge in [-0.15, -0.1) is 11.8 Å². The van der Waals surface area contributed by atoms with Crippen molar-refractivity contribution in [2.45, 2.75) is 37.6 Å². The van der Waals surface area contributed by atoms with Gasteiger partial charge in [-0.05, 0) is 50.3 Å². The van der Waals surface area contributed by atoms with E-state index in [2.05, 4.69) is 36.5 Å². The third kappa shape index (κ3) is 5.57. The van der Waals surface area contributed by atoms with Crippen LogP contribution in [0.2, 0.25) is 0 Å². The Balaban J connectivity index is 2.37. The molecule has 0 radical (unpaired) electrons. The van der Waals surface area contributed by atoms with Crippen molar-refractivity contribution >= 4 is 11.8 Å². The van der Waals surface area contributed by atoms with E-state index in [1.54, 1.807) is 0 Å². The van der Waals surface area contributed by atoms with E-state index in [1.807, 2.05) is 25.6 Å². The Morgan fingerprint density at radius 2 is 1.88 bits per heavy atom. The predicted octanol–water partition coefficient (Wildman–Crippen LogP) is 2.70. The Labute approximate surface area is 109 Å². The fourth-order valence-electron chi connectivity index (χ4n) is 1.52. The van der Waals surface area contributed by atoms with Gasteiger partial charge in [-0.3, -0.25) is 0 Å². The molecule has 0 aromatic heterocycles. The molecule has 0 fully saturated rings. The van der Waals surface area contributed by atoms with Gasteiger partial charge in [-0.1, -0.05) is 19.1 Å². The zero-order chi connectivity index (χ0) is 12.7. The minimum absolute atomic E-state index is 0.166. The van der Waals surface area contributed by atoms with Crippen LogP contribution in [0.5, 0.6) is 0 Å². The monoisotopic (exact) mass is 253 g/mol. The standard InChI is InChI=1S/C14H23NOS/c1-4-17-13-7-5-12(6-8-13)9-10-15-14(2,3)11-16/h5-8,15-16H,4,9-11H2,1-3H3. The normalized spacial score (nSPS) is 11.8. The average molecular weight is 253 g/mol. The molecule has 1 aromatic rings. The molecule has 3 heteroatoms. The first kappa shape index (κ1) is 14.6. The molecular formula is C14H23NOS. The largest absolute Gasteiger partial charge is 0.394 e. The molecule has 0 aliphatic carbocycles. The smallest absolute Gasteiger partial charge is 0.0607 e. The van der Waals surface area contributed by atoms with Crippen molar-refractivity contribution < 1.29 is 5.11 Å². The summed E-state index contributed by atoms with van der Waals surface area (Å²) in [6.45, 7) is 7.24. The minimum atomic E-state index is -0.183. The lowest BCUT2D eigenvalue weighted by Gasteiger charge is -2.23. The Hall–Kier alpha value is -0.510. The van der Waals surface area contributed by atoms with E-state index in [-0.39, 0.29) is 12.1 Å². The molecular weight excluding hydrogens is 230 g/mol. The second kappa shape index (κ2) is 7.04. The molecule has 0 heterocycles. The lowest BCUT2D eigenvalue weighted by atomic mass is 10.1. The molecule has 2 nitrogen and oxygen atoms in total. The van der Waals surface area contributed by atoms with Gasteiger partial charge in [-0.25, -0.2) is 0 Å². The van der Waals surface area contributed by atoms with Crippen molar-refractivity contribution in [3.63, 3.8) is 0 Å². The van der Waals surface area contributed by atoms with Gasteiger partial charge in [0.15, 0.2) is 0 Å². The number of aliphatic hydroxyl groups excluding tert-OH is 1. The van der Waals surface area contributed by atoms with Crippen LogP contribution in [-0.4, -0.2) is 29.5 Å². The van der Waals surface area contributed by atoms with Gasteiger partial charge < -0.3 is 10.4 Å². The molecule has 1 rings (SSSR count). The van der Waals surface area contributed by atoms with E-state index in [9.17, 15) is 0 Å². The van der Waals surface area contributed by atoms with E-state index in [1.165, 1.54) is 10.5 Å². The highest BCUT2D eigenvalue weighted by molar-refractivity contribution is 7.99. The molecule has 2 N–H and O–H groups in total. The van der Waals surface area contributed by atoms with Gasteiger partial charge in [0.1, 0.15) is 0 Å². The van der Waals surface area contributed by atoms with E-state index in [0.717, 1.165) is 18.7 Å². The number of nitrogens with one attached hydrogen (secondary N) is 1. The molecule has 0 amide bonds. The van der Waals surface area contributed by atoms with Crippen LogP contribution in [0.4, 0.5) is 0 Å². The van der Waals surface area contributed by atoms with Crippen LogP contribution >= 0.6 is 11.8 Å². The van der Waals surface area contributed by atoms with E-state index in [0.29, 0.717) is 0 Å². The molecule has 0 atom stereocenters. The highest BCUT2D eigenvalue weighted by Crippen LogP contribution is 2.17. The summed E-state index contributed by atoms with van der Waals surface area (Å²) in [5.41, 5.74) is 1.16. The van der Waals surface area contributed by atoms with Gasteiger partial charge in [-0.2, -0.15) is 0 Å². The number of hydrogen-bond acceptors (Lipinski definition) is 3. The molecule has 0 spiro atoms. The fraction of sp³-hybridized carbons (Fsp3) is 0.571. The van der Waals surface area contributed by atoms with Crippen molar-refractivity contribution in [2.75, 3.05) is 18.9 Å². The SMILES string of the molecule is CCSc1ccc(CCNC(C)(C)CO)cc1. The Kier molecular flexibility index (Phi) is 6.03. The van der Waals surface area contributed by atoms with E-state index >= 15 is 0 Å². The molecule has 17 heavy (non-hydrogen) atoms. The van der Waals surface area contributed by atoms with Gasteiger partial charge in [0.2, 0.25) is 0 Å². The molecule has 0 unspecified atom stereocenters. The molecule has 96 valence electrons. The van der Waals surface area contributed by atoms with Crippen molar-refractivity contribution in [2.24, 2.45) is 0 Å². The number of rotatable bonds is 7. The number of benzene rings is 1. The van der Waals surface area contributed by atoms with Crippen molar-refractivity contribution in [3.8, 4) is 0 Å². The summed E-state index contributed by atoms with van der Waals surface area (Å²) in [7, 11) is 0. The van der Waals surface area contributed by atoms with E-state index < -0.39 is 0 Å². The molecule has 0 aliphatic heterocycles. The van der Waals surface area contributed by atoms with Gasteiger partial charge in [0.25, 0.3) is 0 Å². The first-order chi connectivity index (χ1) is 8.07. The molecule has 0 saturated carbocycles. The average Bonchev–Trinajstić information content (AvgIpc) is 2.32. The lowest BCUT2D eigenvalue weighted by molar-refractivity contribution is 0.189. The van der Waals surface area contributed by atoms with Crippen LogP contribution < -0.4 is 5.32 Å². The third-order valence-electron chi connectivity index (χ3n) is 2.65. The number of hydrogen-bond donors (Lipinski definition) is 2. The van der Waals surface area contributed by atoms with Crippen molar-refractivity contribution in [1.29, 1.82) is 0 Å². The van der Waals surface area contributed by atoms with Crippen LogP contribution in [0.15, 0.2) is 29.2 Å². The fourth-order valence-corrected chi connectivity index (χ4v) is 2.18. The summed E-state index contributed by atoms with van der Waals surface area (Å²) in [5, 5.41) is 12.5. The quantitative estimate of drug-likeness (QED) is 0.733. The summed E-state index contributed by atoms with van der Waals surface area (Å²) in [4.78, 5) is 1.33. The van der Waals surface area contributed by atoms with Gasteiger partial charge >= 0.3 is 0 Å². The Morgan fingerprint density at radius 1 is 1.24 bits per heavy atom. The first-order valence-electron chi connectivity index (χ1n) is 6.15. The van der Waals surface area contributed by atoms with Gasteiger partial charge in [0, 0.05) is 10.4 Å². The summed E-state index contributed by atoms with van der Waals surface area (Å²) in [5.74, 6) is 1.12. The maximum Gasteiger partial charge on any atom is 0.0607 e. The minimum Gasteiger partial charge on any atom is -0.394 e. The van der Waals surface area contributed by atoms with Crippen LogP contribution in [0, 0.1) is 0 Å². The number of aliphatic hydroxyl groups is 1. The maximum absolute atomic E-state index is 9.12. The van der Waals surface area contributed by atoms with Crippen LogP contribution in [-0.2, 0) is 6.42 Å². The highest BCUT2D eigenvalue weighted by Gasteiger charge is 2.14. The topological polar surface area (TPSA) is 32.3 Å². The lowest BCUT2D eigenvalue weighted by Crippen LogP contribution is -2.43. The van der Waals surface area contributed by atoms with Crippen LogP contribution in [0.1, 0.15) is 26.3 Å².